The molecular formula is C36H60N10O10. The number of hydrogen-bond acceptors (Lipinski definition) is 11. The zero-order valence-electron chi connectivity index (χ0n) is 33.4. The molecule has 3 saturated heterocycles. The summed E-state index contributed by atoms with van der Waals surface area (Å²) in [5.74, 6) is -4.91. The van der Waals surface area contributed by atoms with Gasteiger partial charge in [0.2, 0.25) is 53.2 Å². The Bertz CT molecular complexity index is 1490. The van der Waals surface area contributed by atoms with Crippen LogP contribution in [0.5, 0.6) is 0 Å². The number of likely N-dealkylation sites (tertiary alicyclic amines) is 3. The second kappa shape index (κ2) is 20.9. The summed E-state index contributed by atoms with van der Waals surface area (Å²) in [6.45, 7) is 8.01. The molecule has 0 aromatic carbocycles. The number of nitrogens with one attached hydrogen (secondary N) is 7. The van der Waals surface area contributed by atoms with E-state index in [4.69, 9.17) is 0 Å². The molecule has 8 N–H and O–H groups in total. The molecule has 20 heteroatoms. The standard InChI is InChI=1S/C36H60N10O10/c1-8-23(42-27(48)18-39-31(51)24-12-9-15-44(24)34(54)20(3)37-6)30(50)43-28(22(5)47)33(53)41-21(4)35(55)46-17-11-14-26(46)36(56)45-16-10-13-25(45)32(52)40-19(2)29(49)38-7/h19-26,28,37,47H,8-18H2,1-7H3,(H,38,49)(H,39,51)(H,40,52)(H,41,53)(H,42,48)(H,43,50). The number of aliphatic hydroxyl groups excluding tert-OH is 1. The van der Waals surface area contributed by atoms with Gasteiger partial charge in [-0.2, -0.15) is 0 Å². The SMILES string of the molecule is CCC(NC(=O)CNC(=O)C1CCCN1C(=O)C(C)NC)C(=O)NC(C(=O)NC(C)C(=O)N1CCCC1C(=O)N1CCCC1C(=O)NC(C)C(=O)NC)C(C)O. The highest BCUT2D eigenvalue weighted by Gasteiger charge is 2.44. The summed E-state index contributed by atoms with van der Waals surface area (Å²) in [5.41, 5.74) is 0. The second-order valence-electron chi connectivity index (χ2n) is 14.6. The minimum Gasteiger partial charge on any atom is -0.391 e. The van der Waals surface area contributed by atoms with E-state index in [0.717, 1.165) is 0 Å². The fraction of sp³-hybridized carbons (Fsp3) is 0.750. The third kappa shape index (κ3) is 11.4. The predicted octanol–water partition coefficient (Wildman–Crippen LogP) is -3.80. The molecule has 0 aromatic heterocycles. The van der Waals surface area contributed by atoms with Gasteiger partial charge in [0.15, 0.2) is 0 Å². The molecule has 314 valence electrons. The molecule has 0 saturated carbocycles. The average molecular weight is 793 g/mol. The molecule has 0 bridgehead atoms. The van der Waals surface area contributed by atoms with Crippen molar-refractivity contribution >= 4 is 53.2 Å². The van der Waals surface area contributed by atoms with Crippen LogP contribution in [0, 0.1) is 0 Å². The Morgan fingerprint density at radius 2 is 1.16 bits per heavy atom. The highest BCUT2D eigenvalue weighted by atomic mass is 16.3. The summed E-state index contributed by atoms with van der Waals surface area (Å²) in [4.78, 5) is 121. The van der Waals surface area contributed by atoms with Gasteiger partial charge in [-0.1, -0.05) is 6.92 Å². The molecular weight excluding hydrogens is 732 g/mol. The molecule has 3 aliphatic rings. The molecule has 3 aliphatic heterocycles. The Morgan fingerprint density at radius 3 is 1.71 bits per heavy atom. The lowest BCUT2D eigenvalue weighted by Gasteiger charge is -2.33. The third-order valence-electron chi connectivity index (χ3n) is 10.6. The van der Waals surface area contributed by atoms with Gasteiger partial charge in [-0.25, -0.2) is 0 Å². The second-order valence-corrected chi connectivity index (χ2v) is 14.6. The fourth-order valence-electron chi connectivity index (χ4n) is 7.20. The van der Waals surface area contributed by atoms with Crippen LogP contribution in [0.3, 0.4) is 0 Å². The first-order valence-corrected chi connectivity index (χ1v) is 19.4. The maximum Gasteiger partial charge on any atom is 0.246 e. The van der Waals surface area contributed by atoms with E-state index < -0.39 is 102 Å². The van der Waals surface area contributed by atoms with E-state index >= 15 is 0 Å². The largest absolute Gasteiger partial charge is 0.391 e. The van der Waals surface area contributed by atoms with Gasteiger partial charge in [-0.05, 0) is 79.7 Å². The van der Waals surface area contributed by atoms with E-state index in [9.17, 15) is 48.3 Å². The maximum atomic E-state index is 13.7. The molecule has 0 aromatic rings. The molecule has 20 nitrogen and oxygen atoms in total. The van der Waals surface area contributed by atoms with Crippen LogP contribution in [0.1, 0.15) is 79.6 Å². The van der Waals surface area contributed by atoms with Gasteiger partial charge in [0.05, 0.1) is 18.7 Å². The van der Waals surface area contributed by atoms with E-state index in [1.165, 1.54) is 42.5 Å². The first-order chi connectivity index (χ1) is 26.5. The summed E-state index contributed by atoms with van der Waals surface area (Å²) in [6.07, 6.45) is 1.58. The molecule has 9 atom stereocenters. The number of hydrogen-bond donors (Lipinski definition) is 8. The van der Waals surface area contributed by atoms with Gasteiger partial charge >= 0.3 is 0 Å². The minimum atomic E-state index is -1.52. The van der Waals surface area contributed by atoms with Crippen molar-refractivity contribution in [3.63, 3.8) is 0 Å². The van der Waals surface area contributed by atoms with Gasteiger partial charge in [0.1, 0.15) is 42.3 Å². The van der Waals surface area contributed by atoms with Crippen molar-refractivity contribution in [3.05, 3.63) is 0 Å². The van der Waals surface area contributed by atoms with Crippen molar-refractivity contribution in [1.29, 1.82) is 0 Å². The van der Waals surface area contributed by atoms with Crippen LogP contribution in [-0.2, 0) is 43.2 Å². The summed E-state index contributed by atoms with van der Waals surface area (Å²) in [7, 11) is 3.09. The fourth-order valence-corrected chi connectivity index (χ4v) is 7.20. The van der Waals surface area contributed by atoms with Crippen molar-refractivity contribution in [2.24, 2.45) is 0 Å². The third-order valence-corrected chi connectivity index (χ3v) is 10.6. The molecule has 3 rings (SSSR count). The smallest absolute Gasteiger partial charge is 0.246 e. The summed E-state index contributed by atoms with van der Waals surface area (Å²) >= 11 is 0. The number of carbonyl (C=O) groups is 9. The molecule has 0 spiro atoms. The number of carbonyl (C=O) groups excluding carboxylic acids is 9. The van der Waals surface area contributed by atoms with E-state index in [1.807, 2.05) is 0 Å². The van der Waals surface area contributed by atoms with Crippen LogP contribution in [0.15, 0.2) is 0 Å². The zero-order chi connectivity index (χ0) is 41.9. The Morgan fingerprint density at radius 1 is 0.625 bits per heavy atom. The highest BCUT2D eigenvalue weighted by molar-refractivity contribution is 5.98. The van der Waals surface area contributed by atoms with Crippen LogP contribution in [0.4, 0.5) is 0 Å². The van der Waals surface area contributed by atoms with Crippen molar-refractivity contribution in [3.8, 4) is 0 Å². The first-order valence-electron chi connectivity index (χ1n) is 19.4. The molecule has 3 heterocycles. The zero-order valence-corrected chi connectivity index (χ0v) is 33.4. The van der Waals surface area contributed by atoms with Gasteiger partial charge < -0.3 is 57.0 Å². The van der Waals surface area contributed by atoms with Crippen molar-refractivity contribution in [2.45, 2.75) is 134 Å². The van der Waals surface area contributed by atoms with E-state index in [1.54, 1.807) is 20.9 Å². The maximum absolute atomic E-state index is 13.7. The normalized spacial score (nSPS) is 22.5. The molecule has 56 heavy (non-hydrogen) atoms. The number of amides is 9. The molecule has 9 amide bonds. The van der Waals surface area contributed by atoms with Crippen LogP contribution >= 0.6 is 0 Å². The number of rotatable bonds is 17. The van der Waals surface area contributed by atoms with E-state index in [-0.39, 0.29) is 24.8 Å². The lowest BCUT2D eigenvalue weighted by atomic mass is 10.1. The van der Waals surface area contributed by atoms with Crippen molar-refractivity contribution in [2.75, 3.05) is 40.3 Å². The lowest BCUT2D eigenvalue weighted by molar-refractivity contribution is -0.148. The Kier molecular flexibility index (Phi) is 17.0. The average Bonchev–Trinajstić information content (AvgIpc) is 3.98. The lowest BCUT2D eigenvalue weighted by Crippen LogP contribution is -2.60. The van der Waals surface area contributed by atoms with Gasteiger partial charge in [-0.15, -0.1) is 0 Å². The summed E-state index contributed by atoms with van der Waals surface area (Å²) in [6, 6.07) is -7.53. The quantitative estimate of drug-likeness (QED) is 0.0708. The van der Waals surface area contributed by atoms with E-state index in [0.29, 0.717) is 51.6 Å². The number of likely N-dealkylation sites (N-methyl/N-ethyl adjacent to an activating group) is 2. The molecule has 9 unspecified atom stereocenters. The summed E-state index contributed by atoms with van der Waals surface area (Å²) in [5, 5.41) is 28.4. The minimum absolute atomic E-state index is 0.0956. The Labute approximate surface area is 327 Å². The highest BCUT2D eigenvalue weighted by Crippen LogP contribution is 2.26. The first kappa shape index (κ1) is 45.5. The van der Waals surface area contributed by atoms with E-state index in [2.05, 4.69) is 37.2 Å². The predicted molar refractivity (Wildman–Crippen MR) is 201 cm³/mol. The monoisotopic (exact) mass is 792 g/mol. The van der Waals surface area contributed by atoms with Crippen LogP contribution < -0.4 is 37.2 Å². The van der Waals surface area contributed by atoms with Gasteiger partial charge in [-0.3, -0.25) is 43.2 Å². The van der Waals surface area contributed by atoms with Crippen molar-refractivity contribution in [1.82, 2.24) is 51.9 Å². The van der Waals surface area contributed by atoms with Crippen molar-refractivity contribution < 1.29 is 48.3 Å². The van der Waals surface area contributed by atoms with Crippen LogP contribution in [-0.4, -0.2) is 168 Å². The van der Waals surface area contributed by atoms with Gasteiger partial charge in [0, 0.05) is 26.7 Å². The van der Waals surface area contributed by atoms with Gasteiger partial charge in [0.25, 0.3) is 0 Å². The summed E-state index contributed by atoms with van der Waals surface area (Å²) < 4.78 is 0. The number of nitrogens with zero attached hydrogens (tertiary/aromatic N) is 3. The Hall–Kier alpha value is -4.85. The number of aliphatic hydroxyl groups is 1. The molecule has 3 fully saturated rings. The Balaban J connectivity index is 1.56. The van der Waals surface area contributed by atoms with Crippen LogP contribution in [0.2, 0.25) is 0 Å². The van der Waals surface area contributed by atoms with Crippen LogP contribution in [0.25, 0.3) is 0 Å². The molecule has 0 radical (unpaired) electrons. The topological polar surface area (TPSA) is 268 Å². The molecule has 0 aliphatic carbocycles.